The zero-order valence-corrected chi connectivity index (χ0v) is 10.7. The van der Waals surface area contributed by atoms with Crippen molar-refractivity contribution in [2.45, 2.75) is 13.5 Å². The van der Waals surface area contributed by atoms with Gasteiger partial charge in [-0.05, 0) is 18.7 Å². The summed E-state index contributed by atoms with van der Waals surface area (Å²) in [6, 6.07) is 7.98. The number of imidazole rings is 1. The summed E-state index contributed by atoms with van der Waals surface area (Å²) < 4.78 is 1.94. The van der Waals surface area contributed by atoms with Crippen LogP contribution < -0.4 is 5.32 Å². The number of benzene rings is 1. The quantitative estimate of drug-likeness (QED) is 0.772. The lowest BCUT2D eigenvalue weighted by molar-refractivity contribution is 0.706. The van der Waals surface area contributed by atoms with E-state index in [9.17, 15) is 0 Å². The van der Waals surface area contributed by atoms with Crippen LogP contribution in [0.2, 0.25) is 0 Å². The number of nitrogens with one attached hydrogen (secondary N) is 1. The van der Waals surface area contributed by atoms with Crippen LogP contribution in [0.15, 0.2) is 43.0 Å². The van der Waals surface area contributed by atoms with Crippen molar-refractivity contribution in [3.8, 4) is 5.82 Å². The Morgan fingerprint density at radius 2 is 2.00 bits per heavy atom. The van der Waals surface area contributed by atoms with Crippen LogP contribution >= 0.6 is 0 Å². The fourth-order valence-corrected chi connectivity index (χ4v) is 1.96. The highest BCUT2D eigenvalue weighted by Crippen LogP contribution is 2.15. The third-order valence-corrected chi connectivity index (χ3v) is 2.95. The Labute approximate surface area is 111 Å². The minimum absolute atomic E-state index is 0.745. The molecule has 0 saturated heterocycles. The maximum atomic E-state index is 4.44. The molecule has 0 aliphatic carbocycles. The van der Waals surface area contributed by atoms with Crippen molar-refractivity contribution < 1.29 is 0 Å². The van der Waals surface area contributed by atoms with E-state index in [4.69, 9.17) is 0 Å². The van der Waals surface area contributed by atoms with Gasteiger partial charge in [0.25, 0.3) is 0 Å². The third-order valence-electron chi connectivity index (χ3n) is 2.95. The van der Waals surface area contributed by atoms with Crippen LogP contribution in [-0.2, 0) is 6.54 Å². The van der Waals surface area contributed by atoms with Gasteiger partial charge < -0.3 is 5.32 Å². The number of aromatic nitrogens is 4. The lowest BCUT2D eigenvalue weighted by Gasteiger charge is -2.04. The molecule has 5 heteroatoms. The standard InChI is InChI=1S/C14H15N5/c1-2-15-7-11-8-17-14(9-16-11)19-10-18-12-5-3-4-6-13(12)19/h3-6,8-10,15H,2,7H2,1H3. The summed E-state index contributed by atoms with van der Waals surface area (Å²) in [6.45, 7) is 3.74. The Kier molecular flexibility index (Phi) is 3.20. The molecule has 0 atom stereocenters. The summed E-state index contributed by atoms with van der Waals surface area (Å²) in [6.07, 6.45) is 5.35. The molecule has 0 spiro atoms. The van der Waals surface area contributed by atoms with Crippen LogP contribution in [0, 0.1) is 0 Å². The number of nitrogens with zero attached hydrogens (tertiary/aromatic N) is 4. The van der Waals surface area contributed by atoms with Crippen molar-refractivity contribution in [2.75, 3.05) is 6.54 Å². The number of hydrogen-bond donors (Lipinski definition) is 1. The number of hydrogen-bond acceptors (Lipinski definition) is 4. The van der Waals surface area contributed by atoms with E-state index in [0.29, 0.717) is 0 Å². The maximum Gasteiger partial charge on any atom is 0.156 e. The van der Waals surface area contributed by atoms with Crippen molar-refractivity contribution in [1.29, 1.82) is 0 Å². The van der Waals surface area contributed by atoms with Crippen molar-refractivity contribution in [2.24, 2.45) is 0 Å². The zero-order chi connectivity index (χ0) is 13.1. The molecule has 0 unspecified atom stereocenters. The maximum absolute atomic E-state index is 4.44. The summed E-state index contributed by atoms with van der Waals surface area (Å²) in [5, 5.41) is 3.23. The van der Waals surface area contributed by atoms with Crippen LogP contribution in [0.3, 0.4) is 0 Å². The molecule has 1 aromatic carbocycles. The normalized spacial score (nSPS) is 11.0. The predicted molar refractivity (Wildman–Crippen MR) is 74.0 cm³/mol. The van der Waals surface area contributed by atoms with E-state index in [1.807, 2.05) is 28.8 Å². The van der Waals surface area contributed by atoms with Gasteiger partial charge in [0.15, 0.2) is 5.82 Å². The second-order valence-corrected chi connectivity index (χ2v) is 4.25. The third kappa shape index (κ3) is 2.32. The largest absolute Gasteiger partial charge is 0.311 e. The van der Waals surface area contributed by atoms with Gasteiger partial charge in [-0.15, -0.1) is 0 Å². The molecule has 0 amide bonds. The zero-order valence-electron chi connectivity index (χ0n) is 10.7. The number of fused-ring (bicyclic) bond motifs is 1. The Bertz CT molecular complexity index is 672. The summed E-state index contributed by atoms with van der Waals surface area (Å²) in [5.41, 5.74) is 2.94. The van der Waals surface area contributed by atoms with Gasteiger partial charge in [-0.1, -0.05) is 19.1 Å². The molecule has 0 radical (unpaired) electrons. The molecule has 5 nitrogen and oxygen atoms in total. The van der Waals surface area contributed by atoms with Crippen LogP contribution in [0.5, 0.6) is 0 Å². The van der Waals surface area contributed by atoms with Gasteiger partial charge in [0.05, 0.1) is 29.1 Å². The average molecular weight is 253 g/mol. The molecule has 2 heterocycles. The minimum atomic E-state index is 0.745. The first-order valence-electron chi connectivity index (χ1n) is 6.32. The van der Waals surface area contributed by atoms with Crippen molar-refractivity contribution >= 4 is 11.0 Å². The highest BCUT2D eigenvalue weighted by atomic mass is 15.1. The van der Waals surface area contributed by atoms with Crippen LogP contribution in [0.4, 0.5) is 0 Å². The van der Waals surface area contributed by atoms with Gasteiger partial charge in [0.1, 0.15) is 6.33 Å². The minimum Gasteiger partial charge on any atom is -0.311 e. The second kappa shape index (κ2) is 5.16. The van der Waals surface area contributed by atoms with E-state index in [1.165, 1.54) is 0 Å². The molecule has 0 aliphatic rings. The topological polar surface area (TPSA) is 55.6 Å². The Morgan fingerprint density at radius 3 is 2.79 bits per heavy atom. The molecular formula is C14H15N5. The van der Waals surface area contributed by atoms with Crippen LogP contribution in [0.25, 0.3) is 16.9 Å². The molecule has 0 fully saturated rings. The highest BCUT2D eigenvalue weighted by molar-refractivity contribution is 5.76. The Hall–Kier alpha value is -2.27. The molecule has 1 N–H and O–H groups in total. The van der Waals surface area contributed by atoms with Gasteiger partial charge in [-0.3, -0.25) is 9.55 Å². The van der Waals surface area contributed by atoms with Gasteiger partial charge in [0, 0.05) is 6.54 Å². The molecular weight excluding hydrogens is 238 g/mol. The van der Waals surface area contributed by atoms with E-state index < -0.39 is 0 Å². The molecule has 3 rings (SSSR count). The van der Waals surface area contributed by atoms with Crippen molar-refractivity contribution in [1.82, 2.24) is 24.8 Å². The molecule has 2 aromatic heterocycles. The van der Waals surface area contributed by atoms with Crippen molar-refractivity contribution in [3.05, 3.63) is 48.7 Å². The lowest BCUT2D eigenvalue weighted by Crippen LogP contribution is -2.13. The first-order valence-corrected chi connectivity index (χ1v) is 6.32. The Morgan fingerprint density at radius 1 is 1.11 bits per heavy atom. The molecule has 96 valence electrons. The summed E-state index contributed by atoms with van der Waals surface area (Å²) >= 11 is 0. The van der Waals surface area contributed by atoms with Gasteiger partial charge >= 0.3 is 0 Å². The lowest BCUT2D eigenvalue weighted by atomic mass is 10.3. The smallest absolute Gasteiger partial charge is 0.156 e. The van der Waals surface area contributed by atoms with Crippen LogP contribution in [0.1, 0.15) is 12.6 Å². The van der Waals surface area contributed by atoms with E-state index in [0.717, 1.165) is 35.6 Å². The average Bonchev–Trinajstić information content (AvgIpc) is 2.90. The first kappa shape index (κ1) is 11.8. The van der Waals surface area contributed by atoms with E-state index in [-0.39, 0.29) is 0 Å². The van der Waals surface area contributed by atoms with Gasteiger partial charge in [-0.2, -0.15) is 0 Å². The number of para-hydroxylation sites is 2. The van der Waals surface area contributed by atoms with E-state index in [2.05, 4.69) is 27.2 Å². The summed E-state index contributed by atoms with van der Waals surface area (Å²) in [4.78, 5) is 13.2. The summed E-state index contributed by atoms with van der Waals surface area (Å²) in [5.74, 6) is 0.786. The Balaban J connectivity index is 1.93. The number of rotatable bonds is 4. The molecule has 0 saturated carbocycles. The molecule has 0 aliphatic heterocycles. The van der Waals surface area contributed by atoms with Gasteiger partial charge in [-0.25, -0.2) is 9.97 Å². The van der Waals surface area contributed by atoms with E-state index in [1.54, 1.807) is 18.7 Å². The highest BCUT2D eigenvalue weighted by Gasteiger charge is 2.05. The monoisotopic (exact) mass is 253 g/mol. The second-order valence-electron chi connectivity index (χ2n) is 4.25. The molecule has 19 heavy (non-hydrogen) atoms. The molecule has 3 aromatic rings. The molecule has 0 bridgehead atoms. The first-order chi connectivity index (χ1) is 9.38. The fourth-order valence-electron chi connectivity index (χ4n) is 1.96. The fraction of sp³-hybridized carbons (Fsp3) is 0.214. The van der Waals surface area contributed by atoms with E-state index >= 15 is 0 Å². The predicted octanol–water partition coefficient (Wildman–Crippen LogP) is 1.93. The SMILES string of the molecule is CCNCc1cnc(-n2cnc3ccccc32)cn1. The summed E-state index contributed by atoms with van der Waals surface area (Å²) in [7, 11) is 0. The van der Waals surface area contributed by atoms with Gasteiger partial charge in [0.2, 0.25) is 0 Å². The van der Waals surface area contributed by atoms with Crippen LogP contribution in [-0.4, -0.2) is 26.1 Å². The van der Waals surface area contributed by atoms with Crippen molar-refractivity contribution in [3.63, 3.8) is 0 Å².